The van der Waals surface area contributed by atoms with Crippen molar-refractivity contribution in [3.8, 4) is 0 Å². The third kappa shape index (κ3) is 2.91. The van der Waals surface area contributed by atoms with Gasteiger partial charge in [0.05, 0.1) is 5.57 Å². The number of rotatable bonds is 4. The van der Waals surface area contributed by atoms with Crippen LogP contribution in [0.25, 0.3) is 5.57 Å². The molecule has 0 aromatic heterocycles. The fourth-order valence-electron chi connectivity index (χ4n) is 2.76. The monoisotopic (exact) mass is 369 g/mol. The highest BCUT2D eigenvalue weighted by Crippen LogP contribution is 2.38. The van der Waals surface area contributed by atoms with Crippen molar-refractivity contribution in [1.82, 2.24) is 5.32 Å². The Bertz CT molecular complexity index is 781. The summed E-state index contributed by atoms with van der Waals surface area (Å²) >= 11 is 3.48. The minimum atomic E-state index is -0.563. The van der Waals surface area contributed by atoms with Crippen molar-refractivity contribution in [2.24, 2.45) is 0 Å². The van der Waals surface area contributed by atoms with Crippen LogP contribution in [0, 0.1) is 0 Å². The molecule has 3 nitrogen and oxygen atoms in total. The lowest BCUT2D eigenvalue weighted by Crippen LogP contribution is -2.17. The highest BCUT2D eigenvalue weighted by Gasteiger charge is 2.39. The molecule has 2 aliphatic rings. The van der Waals surface area contributed by atoms with Gasteiger partial charge in [0.15, 0.2) is 12.0 Å². The average Bonchev–Trinajstić information content (AvgIpc) is 3.31. The first-order valence-corrected chi connectivity index (χ1v) is 8.54. The van der Waals surface area contributed by atoms with Crippen molar-refractivity contribution in [3.63, 3.8) is 0 Å². The summed E-state index contributed by atoms with van der Waals surface area (Å²) in [5.74, 6) is 0.627. The molecule has 4 rings (SSSR count). The molecule has 116 valence electrons. The number of benzene rings is 2. The predicted octanol–water partition coefficient (Wildman–Crippen LogP) is 4.21. The average molecular weight is 370 g/mol. The summed E-state index contributed by atoms with van der Waals surface area (Å²) < 4.78 is 6.97. The molecule has 0 amide bonds. The minimum Gasteiger partial charge on any atom is -0.462 e. The van der Waals surface area contributed by atoms with E-state index in [0.29, 0.717) is 17.5 Å². The molecule has 0 saturated heterocycles. The van der Waals surface area contributed by atoms with Crippen LogP contribution >= 0.6 is 15.9 Å². The van der Waals surface area contributed by atoms with Crippen LogP contribution in [0.4, 0.5) is 0 Å². The van der Waals surface area contributed by atoms with Crippen LogP contribution in [0.5, 0.6) is 0 Å². The van der Waals surface area contributed by atoms with Gasteiger partial charge in [-0.1, -0.05) is 58.4 Å². The topological polar surface area (TPSA) is 38.3 Å². The van der Waals surface area contributed by atoms with E-state index < -0.39 is 6.10 Å². The molecule has 0 bridgehead atoms. The SMILES string of the molecule is O=C1C(c2cccc(Br)c2)=C(NC2CC2)OC1c1ccccc1. The first-order valence-electron chi connectivity index (χ1n) is 7.75. The number of halogens is 1. The van der Waals surface area contributed by atoms with Gasteiger partial charge in [-0.05, 0) is 30.5 Å². The number of ketones is 1. The molecule has 0 radical (unpaired) electrons. The Labute approximate surface area is 143 Å². The molecular formula is C19H16BrNO2. The van der Waals surface area contributed by atoms with Crippen molar-refractivity contribution in [1.29, 1.82) is 0 Å². The fourth-order valence-corrected chi connectivity index (χ4v) is 3.16. The maximum absolute atomic E-state index is 13.0. The van der Waals surface area contributed by atoms with Crippen molar-refractivity contribution >= 4 is 27.3 Å². The first kappa shape index (κ1) is 14.5. The molecule has 23 heavy (non-hydrogen) atoms. The number of nitrogens with one attached hydrogen (secondary N) is 1. The third-order valence-corrected chi connectivity index (χ3v) is 4.57. The summed E-state index contributed by atoms with van der Waals surface area (Å²) in [6.45, 7) is 0. The summed E-state index contributed by atoms with van der Waals surface area (Å²) in [6.07, 6.45) is 1.69. The van der Waals surface area contributed by atoms with Crippen LogP contribution < -0.4 is 5.32 Å². The van der Waals surface area contributed by atoms with Gasteiger partial charge < -0.3 is 10.1 Å². The second kappa shape index (κ2) is 5.85. The summed E-state index contributed by atoms with van der Waals surface area (Å²) in [5, 5.41) is 3.37. The standard InChI is InChI=1S/C19H16BrNO2/c20-14-8-4-7-13(11-14)16-17(22)18(12-5-2-1-3-6-12)23-19(16)21-15-9-10-15/h1-8,11,15,18,21H,9-10H2. The Hall–Kier alpha value is -2.07. The number of hydrogen-bond acceptors (Lipinski definition) is 3. The molecule has 1 saturated carbocycles. The number of carbonyl (C=O) groups excluding carboxylic acids is 1. The summed E-state index contributed by atoms with van der Waals surface area (Å²) in [6, 6.07) is 17.9. The summed E-state index contributed by atoms with van der Waals surface area (Å²) in [4.78, 5) is 13.0. The molecule has 2 aromatic carbocycles. The highest BCUT2D eigenvalue weighted by atomic mass is 79.9. The lowest BCUT2D eigenvalue weighted by molar-refractivity contribution is -0.120. The van der Waals surface area contributed by atoms with Crippen molar-refractivity contribution in [2.45, 2.75) is 25.0 Å². The number of carbonyl (C=O) groups is 1. The molecule has 1 N–H and O–H groups in total. The predicted molar refractivity (Wildman–Crippen MR) is 92.5 cm³/mol. The smallest absolute Gasteiger partial charge is 0.213 e. The van der Waals surface area contributed by atoms with Crippen molar-refractivity contribution in [3.05, 3.63) is 76.1 Å². The number of Topliss-reactive ketones (excluding diaryl/α,β-unsaturated/α-hetero) is 1. The molecule has 1 aliphatic heterocycles. The first-order chi connectivity index (χ1) is 11.2. The normalized spacial score (nSPS) is 20.6. The lowest BCUT2D eigenvalue weighted by Gasteiger charge is -2.12. The van der Waals surface area contributed by atoms with Crippen molar-refractivity contribution < 1.29 is 9.53 Å². The van der Waals surface area contributed by atoms with Gasteiger partial charge in [0.2, 0.25) is 5.78 Å². The van der Waals surface area contributed by atoms with Crippen LogP contribution in [0.15, 0.2) is 65.0 Å². The van der Waals surface area contributed by atoms with E-state index in [1.807, 2.05) is 54.6 Å². The molecular weight excluding hydrogens is 354 g/mol. The molecule has 1 aliphatic carbocycles. The molecule has 1 fully saturated rings. The van der Waals surface area contributed by atoms with Crippen LogP contribution in [0.1, 0.15) is 30.1 Å². The molecule has 2 aromatic rings. The van der Waals surface area contributed by atoms with E-state index in [0.717, 1.165) is 28.4 Å². The lowest BCUT2D eigenvalue weighted by atomic mass is 9.97. The van der Waals surface area contributed by atoms with Gasteiger partial charge >= 0.3 is 0 Å². The van der Waals surface area contributed by atoms with Crippen LogP contribution in [0.3, 0.4) is 0 Å². The second-order valence-electron chi connectivity index (χ2n) is 5.91. The Morgan fingerprint density at radius 2 is 1.83 bits per heavy atom. The van der Waals surface area contributed by atoms with E-state index >= 15 is 0 Å². The zero-order valence-electron chi connectivity index (χ0n) is 12.5. The molecule has 1 heterocycles. The van der Waals surface area contributed by atoms with Crippen LogP contribution in [-0.2, 0) is 9.53 Å². The Balaban J connectivity index is 1.73. The van der Waals surface area contributed by atoms with Gasteiger partial charge in [-0.25, -0.2) is 0 Å². The molecule has 4 heteroatoms. The van der Waals surface area contributed by atoms with E-state index in [2.05, 4.69) is 21.2 Å². The van der Waals surface area contributed by atoms with Gasteiger partial charge in [-0.15, -0.1) is 0 Å². The molecule has 0 spiro atoms. The van der Waals surface area contributed by atoms with Gasteiger partial charge in [0.25, 0.3) is 0 Å². The van der Waals surface area contributed by atoms with E-state index in [9.17, 15) is 4.79 Å². The number of hydrogen-bond donors (Lipinski definition) is 1. The minimum absolute atomic E-state index is 0.0115. The maximum atomic E-state index is 13.0. The zero-order valence-corrected chi connectivity index (χ0v) is 14.0. The Morgan fingerprint density at radius 1 is 1.04 bits per heavy atom. The zero-order chi connectivity index (χ0) is 15.8. The van der Waals surface area contributed by atoms with Crippen LogP contribution in [-0.4, -0.2) is 11.8 Å². The second-order valence-corrected chi connectivity index (χ2v) is 6.82. The Kier molecular flexibility index (Phi) is 3.69. The van der Waals surface area contributed by atoms with E-state index in [4.69, 9.17) is 4.74 Å². The van der Waals surface area contributed by atoms with Crippen molar-refractivity contribution in [2.75, 3.05) is 0 Å². The largest absolute Gasteiger partial charge is 0.462 e. The molecule has 1 unspecified atom stereocenters. The number of ether oxygens (including phenoxy) is 1. The van der Waals surface area contributed by atoms with Gasteiger partial charge in [-0.3, -0.25) is 4.79 Å². The highest BCUT2D eigenvalue weighted by molar-refractivity contribution is 9.10. The quantitative estimate of drug-likeness (QED) is 0.876. The van der Waals surface area contributed by atoms with Gasteiger partial charge in [0, 0.05) is 16.1 Å². The van der Waals surface area contributed by atoms with E-state index in [1.165, 1.54) is 0 Å². The summed E-state index contributed by atoms with van der Waals surface area (Å²) in [5.41, 5.74) is 2.41. The maximum Gasteiger partial charge on any atom is 0.213 e. The van der Waals surface area contributed by atoms with E-state index in [1.54, 1.807) is 0 Å². The third-order valence-electron chi connectivity index (χ3n) is 4.08. The van der Waals surface area contributed by atoms with Crippen LogP contribution in [0.2, 0.25) is 0 Å². The molecule has 1 atom stereocenters. The van der Waals surface area contributed by atoms with E-state index in [-0.39, 0.29) is 5.78 Å². The fraction of sp³-hybridized carbons (Fsp3) is 0.211. The van der Waals surface area contributed by atoms with Gasteiger partial charge in [-0.2, -0.15) is 0 Å². The Morgan fingerprint density at radius 3 is 2.52 bits per heavy atom. The van der Waals surface area contributed by atoms with Gasteiger partial charge in [0.1, 0.15) is 0 Å². The summed E-state index contributed by atoms with van der Waals surface area (Å²) in [7, 11) is 0.